The number of hydrogen-bond acceptors (Lipinski definition) is 6. The van der Waals surface area contributed by atoms with E-state index in [4.69, 9.17) is 9.47 Å². The monoisotopic (exact) mass is 316 g/mol. The van der Waals surface area contributed by atoms with Gasteiger partial charge in [-0.2, -0.15) is 4.98 Å². The van der Waals surface area contributed by atoms with Gasteiger partial charge in [-0.1, -0.05) is 0 Å². The van der Waals surface area contributed by atoms with Crippen LogP contribution in [0, 0.1) is 0 Å². The predicted molar refractivity (Wildman–Crippen MR) is 92.4 cm³/mol. The second-order valence-corrected chi connectivity index (χ2v) is 6.09. The minimum Gasteiger partial charge on any atom is -0.497 e. The Bertz CT molecular complexity index is 609. The van der Waals surface area contributed by atoms with Crippen LogP contribution < -0.4 is 20.1 Å². The van der Waals surface area contributed by atoms with E-state index < -0.39 is 0 Å². The Kier molecular flexibility index (Phi) is 5.62. The van der Waals surface area contributed by atoms with Crippen LogP contribution >= 0.6 is 0 Å². The van der Waals surface area contributed by atoms with Crippen molar-refractivity contribution in [2.24, 2.45) is 0 Å². The van der Waals surface area contributed by atoms with Crippen LogP contribution in [0.2, 0.25) is 0 Å². The zero-order valence-electron chi connectivity index (χ0n) is 14.1. The van der Waals surface area contributed by atoms with Gasteiger partial charge >= 0.3 is 0 Å². The van der Waals surface area contributed by atoms with Gasteiger partial charge < -0.3 is 20.1 Å². The molecule has 124 valence electrons. The largest absolute Gasteiger partial charge is 0.497 e. The fourth-order valence-electron chi connectivity index (χ4n) is 1.90. The van der Waals surface area contributed by atoms with Gasteiger partial charge in [0.25, 0.3) is 0 Å². The minimum atomic E-state index is -0.0386. The molecule has 0 fully saturated rings. The van der Waals surface area contributed by atoms with Crippen LogP contribution in [-0.4, -0.2) is 35.8 Å². The molecule has 0 aliphatic carbocycles. The molecule has 0 amide bonds. The number of benzene rings is 1. The van der Waals surface area contributed by atoms with Crippen LogP contribution in [0.15, 0.2) is 36.5 Å². The molecule has 6 nitrogen and oxygen atoms in total. The van der Waals surface area contributed by atoms with Gasteiger partial charge in [0, 0.05) is 11.7 Å². The first-order valence-corrected chi connectivity index (χ1v) is 7.58. The molecule has 1 aromatic carbocycles. The molecule has 23 heavy (non-hydrogen) atoms. The topological polar surface area (TPSA) is 68.3 Å². The summed E-state index contributed by atoms with van der Waals surface area (Å²) in [6.07, 6.45) is 1.73. The highest BCUT2D eigenvalue weighted by Gasteiger charge is 2.10. The van der Waals surface area contributed by atoms with Crippen LogP contribution in [0.1, 0.15) is 20.8 Å². The lowest BCUT2D eigenvalue weighted by Gasteiger charge is -2.21. The van der Waals surface area contributed by atoms with Crippen LogP contribution in [0.4, 0.5) is 11.8 Å². The van der Waals surface area contributed by atoms with Crippen molar-refractivity contribution in [2.45, 2.75) is 26.3 Å². The number of anilines is 2. The minimum absolute atomic E-state index is 0.0386. The van der Waals surface area contributed by atoms with E-state index in [0.29, 0.717) is 19.1 Å². The second kappa shape index (κ2) is 7.67. The highest BCUT2D eigenvalue weighted by Crippen LogP contribution is 2.17. The Morgan fingerprint density at radius 2 is 1.74 bits per heavy atom. The third kappa shape index (κ3) is 6.02. The number of nitrogens with one attached hydrogen (secondary N) is 2. The molecule has 0 spiro atoms. The first-order chi connectivity index (χ1) is 11.0. The Balaban J connectivity index is 1.78. The van der Waals surface area contributed by atoms with Crippen molar-refractivity contribution in [1.29, 1.82) is 0 Å². The van der Waals surface area contributed by atoms with Crippen molar-refractivity contribution in [1.82, 2.24) is 9.97 Å². The summed E-state index contributed by atoms with van der Waals surface area (Å²) in [5.74, 6) is 2.99. The molecule has 1 heterocycles. The van der Waals surface area contributed by atoms with E-state index in [-0.39, 0.29) is 5.54 Å². The summed E-state index contributed by atoms with van der Waals surface area (Å²) in [5.41, 5.74) is -0.0386. The quantitative estimate of drug-likeness (QED) is 0.765. The zero-order valence-corrected chi connectivity index (χ0v) is 14.1. The SMILES string of the molecule is COc1ccc(OCCNc2nccc(NC(C)(C)C)n2)cc1. The number of nitrogens with zero attached hydrogens (tertiary/aromatic N) is 2. The highest BCUT2D eigenvalue weighted by molar-refractivity contribution is 5.41. The van der Waals surface area contributed by atoms with Crippen molar-refractivity contribution in [2.75, 3.05) is 30.9 Å². The summed E-state index contributed by atoms with van der Waals surface area (Å²) in [5, 5.41) is 6.47. The lowest BCUT2D eigenvalue weighted by Crippen LogP contribution is -2.27. The Labute approximate surface area is 137 Å². The van der Waals surface area contributed by atoms with Crippen LogP contribution in [0.25, 0.3) is 0 Å². The van der Waals surface area contributed by atoms with Crippen LogP contribution in [-0.2, 0) is 0 Å². The van der Waals surface area contributed by atoms with Gasteiger partial charge in [-0.3, -0.25) is 0 Å². The standard InChI is InChI=1S/C17H24N4O2/c1-17(2,3)21-15-9-10-18-16(20-15)19-11-12-23-14-7-5-13(22-4)6-8-14/h5-10H,11-12H2,1-4H3,(H2,18,19,20,21). The maximum absolute atomic E-state index is 5.65. The fourth-order valence-corrected chi connectivity index (χ4v) is 1.90. The van der Waals surface area contributed by atoms with E-state index in [2.05, 4.69) is 41.4 Å². The van der Waals surface area contributed by atoms with Gasteiger partial charge in [0.1, 0.15) is 23.9 Å². The Morgan fingerprint density at radius 3 is 2.39 bits per heavy atom. The molecule has 0 bridgehead atoms. The third-order valence-corrected chi connectivity index (χ3v) is 2.87. The summed E-state index contributed by atoms with van der Waals surface area (Å²) in [6, 6.07) is 9.34. The van der Waals surface area contributed by atoms with Crippen molar-refractivity contribution in [3.63, 3.8) is 0 Å². The first-order valence-electron chi connectivity index (χ1n) is 7.58. The van der Waals surface area contributed by atoms with E-state index in [9.17, 15) is 0 Å². The summed E-state index contributed by atoms with van der Waals surface area (Å²) < 4.78 is 10.8. The van der Waals surface area contributed by atoms with Gasteiger partial charge in [0.15, 0.2) is 0 Å². The molecular formula is C17H24N4O2. The molecule has 0 aliphatic rings. The molecule has 0 saturated heterocycles. The summed E-state index contributed by atoms with van der Waals surface area (Å²) in [7, 11) is 1.64. The summed E-state index contributed by atoms with van der Waals surface area (Å²) in [4.78, 5) is 8.62. The molecular weight excluding hydrogens is 292 g/mol. The van der Waals surface area contributed by atoms with Crippen LogP contribution in [0.3, 0.4) is 0 Å². The van der Waals surface area contributed by atoms with E-state index in [1.54, 1.807) is 13.3 Å². The lowest BCUT2D eigenvalue weighted by molar-refractivity contribution is 0.331. The molecule has 2 rings (SSSR count). The van der Waals surface area contributed by atoms with E-state index >= 15 is 0 Å². The molecule has 0 aliphatic heterocycles. The van der Waals surface area contributed by atoms with E-state index in [1.165, 1.54) is 0 Å². The van der Waals surface area contributed by atoms with Gasteiger partial charge in [-0.25, -0.2) is 4.98 Å². The van der Waals surface area contributed by atoms with Crippen molar-refractivity contribution in [3.05, 3.63) is 36.5 Å². The van der Waals surface area contributed by atoms with Gasteiger partial charge in [0.05, 0.1) is 13.7 Å². The molecule has 0 radical (unpaired) electrons. The summed E-state index contributed by atoms with van der Waals surface area (Å²) in [6.45, 7) is 7.40. The third-order valence-electron chi connectivity index (χ3n) is 2.87. The second-order valence-electron chi connectivity index (χ2n) is 6.09. The molecule has 0 unspecified atom stereocenters. The fraction of sp³-hybridized carbons (Fsp3) is 0.412. The predicted octanol–water partition coefficient (Wildman–Crippen LogP) is 3.19. The zero-order chi connectivity index (χ0) is 16.7. The number of rotatable bonds is 7. The smallest absolute Gasteiger partial charge is 0.224 e. The number of methoxy groups -OCH3 is 1. The van der Waals surface area contributed by atoms with Gasteiger partial charge in [-0.15, -0.1) is 0 Å². The molecule has 0 atom stereocenters. The number of hydrogen-bond donors (Lipinski definition) is 2. The van der Waals surface area contributed by atoms with E-state index in [0.717, 1.165) is 17.3 Å². The average molecular weight is 316 g/mol. The average Bonchev–Trinajstić information content (AvgIpc) is 2.51. The lowest BCUT2D eigenvalue weighted by atomic mass is 10.1. The van der Waals surface area contributed by atoms with Crippen LogP contribution in [0.5, 0.6) is 11.5 Å². The highest BCUT2D eigenvalue weighted by atomic mass is 16.5. The van der Waals surface area contributed by atoms with Crippen molar-refractivity contribution >= 4 is 11.8 Å². The first kappa shape index (κ1) is 16.9. The van der Waals surface area contributed by atoms with Crippen molar-refractivity contribution in [3.8, 4) is 11.5 Å². The Morgan fingerprint density at radius 1 is 1.04 bits per heavy atom. The number of ether oxygens (including phenoxy) is 2. The van der Waals surface area contributed by atoms with Crippen molar-refractivity contribution < 1.29 is 9.47 Å². The van der Waals surface area contributed by atoms with E-state index in [1.807, 2.05) is 30.3 Å². The molecule has 6 heteroatoms. The summed E-state index contributed by atoms with van der Waals surface area (Å²) >= 11 is 0. The molecule has 2 N–H and O–H groups in total. The number of aromatic nitrogens is 2. The molecule has 1 aromatic heterocycles. The maximum atomic E-state index is 5.65. The Hall–Kier alpha value is -2.50. The van der Waals surface area contributed by atoms with Gasteiger partial charge in [-0.05, 0) is 51.1 Å². The molecule has 2 aromatic rings. The normalized spacial score (nSPS) is 11.0. The maximum Gasteiger partial charge on any atom is 0.224 e. The van der Waals surface area contributed by atoms with Gasteiger partial charge in [0.2, 0.25) is 5.95 Å². The molecule has 0 saturated carbocycles.